The largest absolute Gasteiger partial charge is 0.495 e. The van der Waals surface area contributed by atoms with E-state index in [-0.39, 0.29) is 5.56 Å². The highest BCUT2D eigenvalue weighted by Gasteiger charge is 2.40. The van der Waals surface area contributed by atoms with E-state index in [1.807, 2.05) is 25.1 Å². The molecule has 3 aromatic heterocycles. The van der Waals surface area contributed by atoms with Crippen molar-refractivity contribution in [2.45, 2.75) is 25.8 Å². The molecular formula is C22H24ClN5O3. The molecule has 1 aliphatic rings. The third kappa shape index (κ3) is 4.96. The molecular weight excluding hydrogens is 418 g/mol. The van der Waals surface area contributed by atoms with E-state index >= 15 is 0 Å². The van der Waals surface area contributed by atoms with E-state index in [9.17, 15) is 4.79 Å². The maximum absolute atomic E-state index is 12.4. The van der Waals surface area contributed by atoms with Gasteiger partial charge in [-0.3, -0.25) is 14.8 Å². The average Bonchev–Trinajstić information content (AvgIpc) is 3.55. The predicted octanol–water partition coefficient (Wildman–Crippen LogP) is 3.34. The van der Waals surface area contributed by atoms with Crippen LogP contribution >= 0.6 is 11.6 Å². The Balaban J connectivity index is 1.37. The summed E-state index contributed by atoms with van der Waals surface area (Å²) in [6, 6.07) is 9.16. The van der Waals surface area contributed by atoms with Gasteiger partial charge in [-0.05, 0) is 37.6 Å². The third-order valence-corrected chi connectivity index (χ3v) is 5.72. The number of nitrogens with zero attached hydrogens (tertiary/aromatic N) is 4. The van der Waals surface area contributed by atoms with E-state index in [4.69, 9.17) is 21.1 Å². The van der Waals surface area contributed by atoms with Crippen LogP contribution in [-0.2, 0) is 13.6 Å². The quantitative estimate of drug-likeness (QED) is 0.573. The van der Waals surface area contributed by atoms with E-state index in [0.717, 1.165) is 29.3 Å². The van der Waals surface area contributed by atoms with Crippen molar-refractivity contribution >= 4 is 17.3 Å². The standard InChI is InChI=1S/C22H24ClN5O3/c1-13-18(23)6-4-15(26-13)10-24-20-9-21(27-28(2)22(20)29)31-12-14-8-17(14)19-7-5-16(30-3)11-25-19/h4-7,9,11,14,17,24H,8,10,12H2,1-3H3/t14?,17-/m1/s1. The molecule has 0 aliphatic heterocycles. The minimum atomic E-state index is -0.232. The van der Waals surface area contributed by atoms with Gasteiger partial charge in [0.25, 0.3) is 5.56 Å². The van der Waals surface area contributed by atoms with Crippen LogP contribution in [-0.4, -0.2) is 33.5 Å². The summed E-state index contributed by atoms with van der Waals surface area (Å²) in [5.74, 6) is 1.89. The van der Waals surface area contributed by atoms with Gasteiger partial charge in [0.05, 0.1) is 42.9 Å². The Morgan fingerprint density at radius 3 is 2.84 bits per heavy atom. The third-order valence-electron chi connectivity index (χ3n) is 5.32. The molecule has 8 nitrogen and oxygen atoms in total. The lowest BCUT2D eigenvalue weighted by molar-refractivity contribution is 0.278. The zero-order valence-corrected chi connectivity index (χ0v) is 18.4. The number of hydrogen-bond donors (Lipinski definition) is 1. The van der Waals surface area contributed by atoms with Gasteiger partial charge in [-0.1, -0.05) is 11.6 Å². The van der Waals surface area contributed by atoms with Crippen LogP contribution in [0.1, 0.15) is 29.4 Å². The fourth-order valence-corrected chi connectivity index (χ4v) is 3.48. The van der Waals surface area contributed by atoms with Crippen LogP contribution in [0.2, 0.25) is 5.02 Å². The van der Waals surface area contributed by atoms with Crippen molar-refractivity contribution in [2.75, 3.05) is 19.0 Å². The van der Waals surface area contributed by atoms with Crippen molar-refractivity contribution in [1.82, 2.24) is 19.7 Å². The normalized spacial score (nSPS) is 17.3. The minimum Gasteiger partial charge on any atom is -0.495 e. The van der Waals surface area contributed by atoms with Crippen molar-refractivity contribution in [1.29, 1.82) is 0 Å². The smallest absolute Gasteiger partial charge is 0.290 e. The monoisotopic (exact) mass is 441 g/mol. The summed E-state index contributed by atoms with van der Waals surface area (Å²) >= 11 is 6.02. The van der Waals surface area contributed by atoms with Crippen molar-refractivity contribution in [3.8, 4) is 11.6 Å². The maximum atomic E-state index is 12.4. The zero-order valence-electron chi connectivity index (χ0n) is 17.6. The molecule has 31 heavy (non-hydrogen) atoms. The molecule has 0 bridgehead atoms. The molecule has 0 amide bonds. The van der Waals surface area contributed by atoms with E-state index in [1.54, 1.807) is 32.5 Å². The summed E-state index contributed by atoms with van der Waals surface area (Å²) in [6.07, 6.45) is 2.74. The van der Waals surface area contributed by atoms with E-state index in [0.29, 0.717) is 41.6 Å². The Labute approximate surface area is 185 Å². The van der Waals surface area contributed by atoms with E-state index in [1.165, 1.54) is 4.68 Å². The molecule has 0 saturated heterocycles. The van der Waals surface area contributed by atoms with Gasteiger partial charge in [0.15, 0.2) is 0 Å². The Morgan fingerprint density at radius 2 is 2.13 bits per heavy atom. The summed E-state index contributed by atoms with van der Waals surface area (Å²) in [7, 11) is 3.23. The molecule has 1 fully saturated rings. The highest BCUT2D eigenvalue weighted by atomic mass is 35.5. The first-order chi connectivity index (χ1) is 14.9. The number of pyridine rings is 2. The molecule has 162 valence electrons. The first kappa shape index (κ1) is 21.1. The fourth-order valence-electron chi connectivity index (χ4n) is 3.38. The highest BCUT2D eigenvalue weighted by Crippen LogP contribution is 2.46. The van der Waals surface area contributed by atoms with Crippen LogP contribution in [0, 0.1) is 12.8 Å². The second-order valence-corrected chi connectivity index (χ2v) is 7.99. The molecule has 3 heterocycles. The van der Waals surface area contributed by atoms with Crippen LogP contribution in [0.15, 0.2) is 41.3 Å². The Kier molecular flexibility index (Phi) is 6.08. The lowest BCUT2D eigenvalue weighted by Gasteiger charge is -2.11. The molecule has 2 atom stereocenters. The Morgan fingerprint density at radius 1 is 1.29 bits per heavy atom. The number of halogens is 1. The number of rotatable bonds is 8. The number of nitrogens with one attached hydrogen (secondary N) is 1. The summed E-state index contributed by atoms with van der Waals surface area (Å²) < 4.78 is 12.3. The van der Waals surface area contributed by atoms with Crippen molar-refractivity contribution < 1.29 is 9.47 Å². The van der Waals surface area contributed by atoms with Crippen molar-refractivity contribution in [3.63, 3.8) is 0 Å². The molecule has 0 aromatic carbocycles. The first-order valence-corrected chi connectivity index (χ1v) is 10.4. The second-order valence-electron chi connectivity index (χ2n) is 7.58. The number of aryl methyl sites for hydroxylation is 2. The van der Waals surface area contributed by atoms with Gasteiger partial charge in [-0.2, -0.15) is 0 Å². The molecule has 1 aliphatic carbocycles. The van der Waals surface area contributed by atoms with Crippen LogP contribution in [0.4, 0.5) is 5.69 Å². The first-order valence-electron chi connectivity index (χ1n) is 10.0. The topological polar surface area (TPSA) is 91.2 Å². The summed E-state index contributed by atoms with van der Waals surface area (Å²) in [4.78, 5) is 21.3. The van der Waals surface area contributed by atoms with Crippen LogP contribution in [0.3, 0.4) is 0 Å². The molecule has 3 aromatic rings. The Bertz CT molecular complexity index is 1130. The number of ether oxygens (including phenoxy) is 2. The number of hydrogen-bond acceptors (Lipinski definition) is 7. The van der Waals surface area contributed by atoms with Gasteiger partial charge in [-0.25, -0.2) is 4.68 Å². The molecule has 0 spiro atoms. The SMILES string of the molecule is COc1ccc([C@@H]2CC2COc2cc(NCc3ccc(Cl)c(C)n3)c(=O)n(C)n2)nc1. The summed E-state index contributed by atoms with van der Waals surface area (Å²) in [5, 5.41) is 7.95. The van der Waals surface area contributed by atoms with Gasteiger partial charge < -0.3 is 14.8 Å². The van der Waals surface area contributed by atoms with Crippen molar-refractivity contribution in [2.24, 2.45) is 13.0 Å². The fraction of sp³-hybridized carbons (Fsp3) is 0.364. The number of methoxy groups -OCH3 is 1. The summed E-state index contributed by atoms with van der Waals surface area (Å²) in [5.41, 5.74) is 2.75. The second kappa shape index (κ2) is 8.93. The molecule has 1 N–H and O–H groups in total. The zero-order chi connectivity index (χ0) is 22.0. The molecule has 1 saturated carbocycles. The van der Waals surface area contributed by atoms with Gasteiger partial charge in [0, 0.05) is 30.6 Å². The van der Waals surface area contributed by atoms with Crippen LogP contribution in [0.5, 0.6) is 11.6 Å². The van der Waals surface area contributed by atoms with Crippen LogP contribution < -0.4 is 20.3 Å². The van der Waals surface area contributed by atoms with Gasteiger partial charge in [0.2, 0.25) is 5.88 Å². The highest BCUT2D eigenvalue weighted by molar-refractivity contribution is 6.31. The lowest BCUT2D eigenvalue weighted by Crippen LogP contribution is -2.24. The molecule has 9 heteroatoms. The van der Waals surface area contributed by atoms with Crippen LogP contribution in [0.25, 0.3) is 0 Å². The van der Waals surface area contributed by atoms with E-state index in [2.05, 4.69) is 20.4 Å². The van der Waals surface area contributed by atoms with Crippen molar-refractivity contribution in [3.05, 3.63) is 69.0 Å². The molecule has 4 rings (SSSR count). The van der Waals surface area contributed by atoms with Gasteiger partial charge >= 0.3 is 0 Å². The van der Waals surface area contributed by atoms with Gasteiger partial charge in [0.1, 0.15) is 11.4 Å². The summed E-state index contributed by atoms with van der Waals surface area (Å²) in [6.45, 7) is 2.75. The van der Waals surface area contributed by atoms with E-state index < -0.39 is 0 Å². The maximum Gasteiger partial charge on any atom is 0.290 e. The minimum absolute atomic E-state index is 0.232. The molecule has 0 radical (unpaired) electrons. The van der Waals surface area contributed by atoms with Gasteiger partial charge in [-0.15, -0.1) is 5.10 Å². The number of aromatic nitrogens is 4. The average molecular weight is 442 g/mol. The molecule has 1 unspecified atom stereocenters. The predicted molar refractivity (Wildman–Crippen MR) is 118 cm³/mol. The Hall–Kier alpha value is -3.13. The number of anilines is 1. The lowest BCUT2D eigenvalue weighted by atomic mass is 10.2.